The molecular formula is C11H16N2O2S. The molecule has 88 valence electrons. The first kappa shape index (κ1) is 12.9. The van der Waals surface area contributed by atoms with Crippen LogP contribution >= 0.6 is 11.8 Å². The zero-order chi connectivity index (χ0) is 12.0. The van der Waals surface area contributed by atoms with Gasteiger partial charge in [0.05, 0.1) is 0 Å². The third kappa shape index (κ3) is 4.55. The first-order valence-corrected chi connectivity index (χ1v) is 5.95. The lowest BCUT2D eigenvalue weighted by Gasteiger charge is -2.10. The van der Waals surface area contributed by atoms with Crippen molar-refractivity contribution in [2.45, 2.75) is 29.9 Å². The van der Waals surface area contributed by atoms with Crippen LogP contribution in [-0.4, -0.2) is 16.3 Å². The second-order valence-electron chi connectivity index (χ2n) is 3.53. The van der Waals surface area contributed by atoms with E-state index < -0.39 is 0 Å². The molecule has 1 atom stereocenters. The van der Waals surface area contributed by atoms with Gasteiger partial charge in [0.15, 0.2) is 0 Å². The van der Waals surface area contributed by atoms with Crippen molar-refractivity contribution in [3.63, 3.8) is 0 Å². The summed E-state index contributed by atoms with van der Waals surface area (Å²) in [5, 5.41) is 9.59. The molecule has 1 aromatic carbocycles. The standard InChI is InChI=1S/C11H16N2O2S/c1-8(5-6-11(15)13-12)16-10-4-2-3-9(14)7-10/h2-4,7-8,14H,5-6,12H2,1H3,(H,13,15). The van der Waals surface area contributed by atoms with Crippen molar-refractivity contribution in [3.8, 4) is 5.75 Å². The number of nitrogens with two attached hydrogens (primary N) is 1. The first-order valence-electron chi connectivity index (χ1n) is 5.07. The van der Waals surface area contributed by atoms with Gasteiger partial charge in [-0.25, -0.2) is 5.84 Å². The molecule has 0 saturated heterocycles. The van der Waals surface area contributed by atoms with Crippen molar-refractivity contribution >= 4 is 17.7 Å². The van der Waals surface area contributed by atoms with Crippen molar-refractivity contribution in [2.24, 2.45) is 5.84 Å². The minimum absolute atomic E-state index is 0.150. The van der Waals surface area contributed by atoms with Gasteiger partial charge in [0.25, 0.3) is 0 Å². The van der Waals surface area contributed by atoms with E-state index in [0.717, 1.165) is 11.3 Å². The molecule has 1 aromatic rings. The summed E-state index contributed by atoms with van der Waals surface area (Å²) in [7, 11) is 0. The molecule has 0 bridgehead atoms. The van der Waals surface area contributed by atoms with Crippen LogP contribution in [-0.2, 0) is 4.79 Å². The average Bonchev–Trinajstić information content (AvgIpc) is 2.26. The van der Waals surface area contributed by atoms with Gasteiger partial charge < -0.3 is 5.11 Å². The molecular weight excluding hydrogens is 224 g/mol. The number of amides is 1. The molecule has 1 rings (SSSR count). The van der Waals surface area contributed by atoms with Crippen LogP contribution in [0.25, 0.3) is 0 Å². The molecule has 0 aliphatic carbocycles. The topological polar surface area (TPSA) is 75.4 Å². The van der Waals surface area contributed by atoms with E-state index in [1.54, 1.807) is 30.0 Å². The number of aromatic hydroxyl groups is 1. The quantitative estimate of drug-likeness (QED) is 0.316. The van der Waals surface area contributed by atoms with Crippen LogP contribution in [0.2, 0.25) is 0 Å². The third-order valence-electron chi connectivity index (χ3n) is 2.09. The zero-order valence-corrected chi connectivity index (χ0v) is 9.96. The molecule has 4 N–H and O–H groups in total. The molecule has 0 spiro atoms. The zero-order valence-electron chi connectivity index (χ0n) is 9.14. The van der Waals surface area contributed by atoms with Crippen molar-refractivity contribution in [1.82, 2.24) is 5.43 Å². The van der Waals surface area contributed by atoms with Gasteiger partial charge in [0.1, 0.15) is 5.75 Å². The Morgan fingerprint density at radius 1 is 1.62 bits per heavy atom. The number of nitrogens with one attached hydrogen (secondary N) is 1. The van der Waals surface area contributed by atoms with Gasteiger partial charge in [-0.3, -0.25) is 10.2 Å². The highest BCUT2D eigenvalue weighted by Gasteiger charge is 2.07. The molecule has 0 heterocycles. The smallest absolute Gasteiger partial charge is 0.233 e. The van der Waals surface area contributed by atoms with E-state index in [1.807, 2.05) is 13.0 Å². The largest absolute Gasteiger partial charge is 0.508 e. The SMILES string of the molecule is CC(CCC(=O)NN)Sc1cccc(O)c1. The van der Waals surface area contributed by atoms with Crippen LogP contribution < -0.4 is 11.3 Å². The maximum Gasteiger partial charge on any atom is 0.233 e. The number of phenols is 1. The Morgan fingerprint density at radius 2 is 2.38 bits per heavy atom. The highest BCUT2D eigenvalue weighted by molar-refractivity contribution is 7.99. The maximum absolute atomic E-state index is 10.9. The minimum atomic E-state index is -0.150. The van der Waals surface area contributed by atoms with Gasteiger partial charge in [-0.1, -0.05) is 13.0 Å². The van der Waals surface area contributed by atoms with E-state index in [2.05, 4.69) is 5.43 Å². The molecule has 4 nitrogen and oxygen atoms in total. The van der Waals surface area contributed by atoms with Crippen LogP contribution in [0, 0.1) is 0 Å². The van der Waals surface area contributed by atoms with Gasteiger partial charge in [-0.2, -0.15) is 0 Å². The summed E-state index contributed by atoms with van der Waals surface area (Å²) < 4.78 is 0. The number of benzene rings is 1. The summed E-state index contributed by atoms with van der Waals surface area (Å²) >= 11 is 1.63. The lowest BCUT2D eigenvalue weighted by molar-refractivity contribution is -0.121. The summed E-state index contributed by atoms with van der Waals surface area (Å²) in [4.78, 5) is 11.9. The average molecular weight is 240 g/mol. The predicted molar refractivity (Wildman–Crippen MR) is 65.0 cm³/mol. The van der Waals surface area contributed by atoms with Crippen LogP contribution in [0.5, 0.6) is 5.75 Å². The molecule has 0 aliphatic heterocycles. The Morgan fingerprint density at radius 3 is 3.00 bits per heavy atom. The fraction of sp³-hybridized carbons (Fsp3) is 0.364. The van der Waals surface area contributed by atoms with Crippen LogP contribution in [0.15, 0.2) is 29.2 Å². The fourth-order valence-electron chi connectivity index (χ4n) is 1.25. The summed E-state index contributed by atoms with van der Waals surface area (Å²) in [6.45, 7) is 2.04. The Hall–Kier alpha value is -1.20. The number of carbonyl (C=O) groups excluding carboxylic acids is 1. The maximum atomic E-state index is 10.9. The fourth-order valence-corrected chi connectivity index (χ4v) is 2.30. The second-order valence-corrected chi connectivity index (χ2v) is 5.04. The summed E-state index contributed by atoms with van der Waals surface area (Å²) in [6.07, 6.45) is 1.17. The van der Waals surface area contributed by atoms with E-state index in [-0.39, 0.29) is 11.7 Å². The van der Waals surface area contributed by atoms with E-state index in [0.29, 0.717) is 11.7 Å². The highest BCUT2D eigenvalue weighted by Crippen LogP contribution is 2.28. The van der Waals surface area contributed by atoms with Gasteiger partial charge in [-0.05, 0) is 24.6 Å². The number of hydrogen-bond acceptors (Lipinski definition) is 4. The van der Waals surface area contributed by atoms with Gasteiger partial charge in [0.2, 0.25) is 5.91 Å². The molecule has 0 radical (unpaired) electrons. The Kier molecular flexibility index (Phi) is 5.14. The van der Waals surface area contributed by atoms with Gasteiger partial charge >= 0.3 is 0 Å². The molecule has 1 unspecified atom stereocenters. The lowest BCUT2D eigenvalue weighted by atomic mass is 10.2. The number of thioether (sulfide) groups is 1. The highest BCUT2D eigenvalue weighted by atomic mass is 32.2. The van der Waals surface area contributed by atoms with Crippen molar-refractivity contribution in [2.75, 3.05) is 0 Å². The number of rotatable bonds is 5. The molecule has 0 aliphatic rings. The third-order valence-corrected chi connectivity index (χ3v) is 3.26. The van der Waals surface area contributed by atoms with Crippen molar-refractivity contribution < 1.29 is 9.90 Å². The van der Waals surface area contributed by atoms with Gasteiger partial charge in [-0.15, -0.1) is 11.8 Å². The van der Waals surface area contributed by atoms with E-state index in [4.69, 9.17) is 5.84 Å². The monoisotopic (exact) mass is 240 g/mol. The molecule has 5 heteroatoms. The molecule has 0 fully saturated rings. The van der Waals surface area contributed by atoms with E-state index in [1.165, 1.54) is 0 Å². The number of carbonyl (C=O) groups is 1. The van der Waals surface area contributed by atoms with Gasteiger partial charge in [0, 0.05) is 16.6 Å². The Bertz CT molecular complexity index is 358. The van der Waals surface area contributed by atoms with Crippen LogP contribution in [0.3, 0.4) is 0 Å². The normalized spacial score (nSPS) is 12.1. The first-order chi connectivity index (χ1) is 7.61. The minimum Gasteiger partial charge on any atom is -0.508 e. The number of hydrazine groups is 1. The van der Waals surface area contributed by atoms with E-state index >= 15 is 0 Å². The second kappa shape index (κ2) is 6.40. The summed E-state index contributed by atoms with van der Waals surface area (Å²) in [6, 6.07) is 7.08. The number of phenolic OH excluding ortho intramolecular Hbond substituents is 1. The predicted octanol–water partition coefficient (Wildman–Crippen LogP) is 1.64. The molecule has 0 aromatic heterocycles. The molecule has 16 heavy (non-hydrogen) atoms. The molecule has 0 saturated carbocycles. The van der Waals surface area contributed by atoms with Crippen molar-refractivity contribution in [1.29, 1.82) is 0 Å². The van der Waals surface area contributed by atoms with E-state index in [9.17, 15) is 9.90 Å². The summed E-state index contributed by atoms with van der Waals surface area (Å²) in [5.41, 5.74) is 2.11. The number of hydrogen-bond donors (Lipinski definition) is 3. The van der Waals surface area contributed by atoms with Crippen LogP contribution in [0.1, 0.15) is 19.8 Å². The lowest BCUT2D eigenvalue weighted by Crippen LogP contribution is -2.30. The van der Waals surface area contributed by atoms with Crippen molar-refractivity contribution in [3.05, 3.63) is 24.3 Å². The summed E-state index contributed by atoms with van der Waals surface area (Å²) in [5.74, 6) is 5.10. The van der Waals surface area contributed by atoms with Crippen LogP contribution in [0.4, 0.5) is 0 Å². The Balaban J connectivity index is 2.39. The Labute approximate surface area is 99.2 Å². The molecule has 1 amide bonds.